The highest BCUT2D eigenvalue weighted by Crippen LogP contribution is 2.27. The maximum Gasteiger partial charge on any atom is 0.281 e. The van der Waals surface area contributed by atoms with Crippen molar-refractivity contribution in [1.82, 2.24) is 9.78 Å². The fraction of sp³-hybridized carbons (Fsp3) is 0.136. The number of hydrogen-bond acceptors (Lipinski definition) is 6. The number of thiophene rings is 1. The first-order valence-electron chi connectivity index (χ1n) is 9.39. The van der Waals surface area contributed by atoms with Crippen LogP contribution in [0.25, 0.3) is 10.6 Å². The molecule has 1 N–H and O–H groups in total. The van der Waals surface area contributed by atoms with Gasteiger partial charge in [0.05, 0.1) is 29.7 Å². The van der Waals surface area contributed by atoms with Gasteiger partial charge in [0.2, 0.25) is 5.91 Å². The molecule has 1 aliphatic rings. The number of benzene rings is 1. The van der Waals surface area contributed by atoms with Crippen molar-refractivity contribution in [2.24, 2.45) is 9.98 Å². The smallest absolute Gasteiger partial charge is 0.281 e. The molecule has 2 amide bonds. The van der Waals surface area contributed by atoms with Gasteiger partial charge in [0, 0.05) is 6.07 Å². The Hall–Kier alpha value is -3.85. The van der Waals surface area contributed by atoms with Gasteiger partial charge < -0.3 is 10.1 Å². The van der Waals surface area contributed by atoms with Crippen molar-refractivity contribution in [3.05, 3.63) is 65.6 Å². The molecule has 156 valence electrons. The van der Waals surface area contributed by atoms with E-state index in [0.29, 0.717) is 17.2 Å². The molecule has 4 rings (SSSR count). The van der Waals surface area contributed by atoms with E-state index in [0.717, 1.165) is 16.2 Å². The zero-order chi connectivity index (χ0) is 22.0. The van der Waals surface area contributed by atoms with Crippen LogP contribution in [0.15, 0.2) is 70.0 Å². The number of aromatic nitrogens is 2. The van der Waals surface area contributed by atoms with Gasteiger partial charge >= 0.3 is 0 Å². The van der Waals surface area contributed by atoms with Gasteiger partial charge in [-0.2, -0.15) is 14.8 Å². The Bertz CT molecular complexity index is 1220. The van der Waals surface area contributed by atoms with Crippen LogP contribution in [0.1, 0.15) is 12.5 Å². The molecule has 3 heterocycles. The van der Waals surface area contributed by atoms with Crippen LogP contribution in [0.2, 0.25) is 0 Å². The molecule has 2 aromatic heterocycles. The van der Waals surface area contributed by atoms with Crippen molar-refractivity contribution in [2.45, 2.75) is 13.3 Å². The zero-order valence-electron chi connectivity index (χ0n) is 17.0. The van der Waals surface area contributed by atoms with Crippen LogP contribution in [0.4, 0.5) is 5.82 Å². The standard InChI is InChI=1S/C22H19N5O3S/c1-13-14(2)23-22(25-21(13)29)27-19(12-17(26-27)18-5-4-10-31-18)24-20(28)11-15-6-8-16(30-3)9-7-15/h4-10,12H,1,11H2,2-3H3,(H,24,28). The van der Waals surface area contributed by atoms with Crippen LogP contribution in [-0.4, -0.2) is 40.4 Å². The molecule has 1 aromatic carbocycles. The number of anilines is 1. The van der Waals surface area contributed by atoms with Gasteiger partial charge in [-0.3, -0.25) is 9.59 Å². The highest BCUT2D eigenvalue weighted by atomic mass is 32.1. The summed E-state index contributed by atoms with van der Waals surface area (Å²) in [4.78, 5) is 34.1. The van der Waals surface area contributed by atoms with Crippen molar-refractivity contribution < 1.29 is 14.3 Å². The fourth-order valence-corrected chi connectivity index (χ4v) is 3.61. The van der Waals surface area contributed by atoms with Gasteiger partial charge in [-0.1, -0.05) is 24.8 Å². The molecule has 0 atom stereocenters. The molecule has 0 radical (unpaired) electrons. The van der Waals surface area contributed by atoms with E-state index in [1.807, 2.05) is 29.6 Å². The van der Waals surface area contributed by atoms with Crippen LogP contribution in [-0.2, 0) is 16.0 Å². The Labute approximate surface area is 182 Å². The number of nitrogens with zero attached hydrogens (tertiary/aromatic N) is 4. The summed E-state index contributed by atoms with van der Waals surface area (Å²) in [7, 11) is 1.59. The SMILES string of the molecule is C=C1C(=O)N=C(n2nc(-c3cccs3)cc2NC(=O)Cc2ccc(OC)cc2)N=C1C. The Balaban J connectivity index is 1.64. The summed E-state index contributed by atoms with van der Waals surface area (Å²) in [5, 5.41) is 9.32. The van der Waals surface area contributed by atoms with Crippen molar-refractivity contribution >= 4 is 40.6 Å². The highest BCUT2D eigenvalue weighted by molar-refractivity contribution is 7.13. The second kappa shape index (κ2) is 8.49. The Morgan fingerprint density at radius 3 is 2.65 bits per heavy atom. The van der Waals surface area contributed by atoms with Crippen LogP contribution in [0.3, 0.4) is 0 Å². The van der Waals surface area contributed by atoms with Crippen LogP contribution >= 0.6 is 11.3 Å². The molecular weight excluding hydrogens is 414 g/mol. The average molecular weight is 433 g/mol. The number of aliphatic imine (C=N–C) groups is 2. The molecule has 0 bridgehead atoms. The number of hydrogen-bond donors (Lipinski definition) is 1. The summed E-state index contributed by atoms with van der Waals surface area (Å²) in [6.45, 7) is 5.37. The summed E-state index contributed by atoms with van der Waals surface area (Å²) in [6, 6.07) is 12.8. The molecule has 0 spiro atoms. The molecular formula is C22H19N5O3S. The predicted molar refractivity (Wildman–Crippen MR) is 121 cm³/mol. The quantitative estimate of drug-likeness (QED) is 0.622. The summed E-state index contributed by atoms with van der Waals surface area (Å²) in [5.41, 5.74) is 2.17. The van der Waals surface area contributed by atoms with E-state index in [1.54, 1.807) is 32.2 Å². The molecule has 31 heavy (non-hydrogen) atoms. The lowest BCUT2D eigenvalue weighted by molar-refractivity contribution is -0.115. The van der Waals surface area contributed by atoms with E-state index in [2.05, 4.69) is 27.0 Å². The predicted octanol–water partition coefficient (Wildman–Crippen LogP) is 3.56. The maximum atomic E-state index is 12.7. The summed E-state index contributed by atoms with van der Waals surface area (Å²) < 4.78 is 6.52. The fourth-order valence-electron chi connectivity index (χ4n) is 2.93. The normalized spacial score (nSPS) is 13.6. The zero-order valence-corrected chi connectivity index (χ0v) is 17.8. The van der Waals surface area contributed by atoms with Crippen LogP contribution in [0.5, 0.6) is 5.75 Å². The Morgan fingerprint density at radius 2 is 2.00 bits per heavy atom. The number of methoxy groups -OCH3 is 1. The summed E-state index contributed by atoms with van der Waals surface area (Å²) >= 11 is 1.51. The van der Waals surface area contributed by atoms with Gasteiger partial charge in [0.15, 0.2) is 0 Å². The van der Waals surface area contributed by atoms with E-state index >= 15 is 0 Å². The first kappa shape index (κ1) is 20.4. The lowest BCUT2D eigenvalue weighted by Crippen LogP contribution is -2.25. The van der Waals surface area contributed by atoms with Crippen LogP contribution < -0.4 is 10.1 Å². The number of rotatable bonds is 5. The maximum absolute atomic E-state index is 12.7. The Kier molecular flexibility index (Phi) is 5.59. The van der Waals surface area contributed by atoms with Gasteiger partial charge in [-0.05, 0) is 36.1 Å². The van der Waals surface area contributed by atoms with Gasteiger partial charge in [0.1, 0.15) is 17.3 Å². The minimum absolute atomic E-state index is 0.0810. The molecule has 0 saturated heterocycles. The van der Waals surface area contributed by atoms with E-state index in [4.69, 9.17) is 4.74 Å². The number of carbonyl (C=O) groups excluding carboxylic acids is 2. The Morgan fingerprint density at radius 1 is 1.23 bits per heavy atom. The van der Waals surface area contributed by atoms with Gasteiger partial charge in [0.25, 0.3) is 11.9 Å². The first-order valence-corrected chi connectivity index (χ1v) is 10.3. The molecule has 9 heteroatoms. The van der Waals surface area contributed by atoms with Crippen molar-refractivity contribution in [1.29, 1.82) is 0 Å². The second-order valence-corrected chi connectivity index (χ2v) is 7.72. The lowest BCUT2D eigenvalue weighted by atomic mass is 10.1. The van der Waals surface area contributed by atoms with Gasteiger partial charge in [-0.15, -0.1) is 11.3 Å². The molecule has 0 aliphatic carbocycles. The molecule has 0 fully saturated rings. The monoisotopic (exact) mass is 433 g/mol. The molecule has 3 aromatic rings. The van der Waals surface area contributed by atoms with Gasteiger partial charge in [-0.25, -0.2) is 4.99 Å². The third kappa shape index (κ3) is 4.36. The van der Waals surface area contributed by atoms with Crippen molar-refractivity contribution in [3.63, 3.8) is 0 Å². The topological polar surface area (TPSA) is 97.9 Å². The van der Waals surface area contributed by atoms with E-state index < -0.39 is 5.91 Å². The van der Waals surface area contributed by atoms with Crippen molar-refractivity contribution in [3.8, 4) is 16.3 Å². The molecule has 0 saturated carbocycles. The number of amides is 2. The minimum atomic E-state index is -0.480. The third-order valence-corrected chi connectivity index (χ3v) is 5.52. The molecule has 8 nitrogen and oxygen atoms in total. The average Bonchev–Trinajstić information content (AvgIpc) is 3.42. The molecule has 1 aliphatic heterocycles. The van der Waals surface area contributed by atoms with Crippen LogP contribution in [0, 0.1) is 0 Å². The lowest BCUT2D eigenvalue weighted by Gasteiger charge is -2.12. The first-order chi connectivity index (χ1) is 14.9. The summed E-state index contributed by atoms with van der Waals surface area (Å²) in [6.07, 6.45) is 0.161. The number of carbonyl (C=O) groups is 2. The van der Waals surface area contributed by atoms with E-state index in [9.17, 15) is 9.59 Å². The second-order valence-electron chi connectivity index (χ2n) is 6.77. The third-order valence-electron chi connectivity index (χ3n) is 4.63. The van der Waals surface area contributed by atoms with E-state index in [-0.39, 0.29) is 23.9 Å². The minimum Gasteiger partial charge on any atom is -0.497 e. The number of nitrogens with one attached hydrogen (secondary N) is 1. The largest absolute Gasteiger partial charge is 0.497 e. The summed E-state index contributed by atoms with van der Waals surface area (Å²) in [5.74, 6) is 0.454. The molecule has 0 unspecified atom stereocenters. The van der Waals surface area contributed by atoms with Crippen molar-refractivity contribution in [2.75, 3.05) is 12.4 Å². The number of ether oxygens (including phenoxy) is 1. The van der Waals surface area contributed by atoms with E-state index in [1.165, 1.54) is 16.0 Å². The highest BCUT2D eigenvalue weighted by Gasteiger charge is 2.22.